The maximum atomic E-state index is 14.6. The third-order valence-electron chi connectivity index (χ3n) is 10.3. The van der Waals surface area contributed by atoms with Crippen molar-refractivity contribution in [2.45, 2.75) is 62.1 Å². The Labute approximate surface area is 284 Å². The predicted molar refractivity (Wildman–Crippen MR) is 168 cm³/mol. The number of esters is 1. The van der Waals surface area contributed by atoms with Gasteiger partial charge in [-0.25, -0.2) is 4.79 Å². The third kappa shape index (κ3) is 4.40. The lowest BCUT2D eigenvalue weighted by molar-refractivity contribution is -0.214. The Morgan fingerprint density at radius 3 is 2.34 bits per heavy atom. The minimum Gasteiger partial charge on any atom is -0.507 e. The summed E-state index contributed by atoms with van der Waals surface area (Å²) in [6.07, 6.45) is -5.21. The summed E-state index contributed by atoms with van der Waals surface area (Å²) >= 11 is 0. The minimum absolute atomic E-state index is 0.00688. The van der Waals surface area contributed by atoms with E-state index in [4.69, 9.17) is 24.4 Å². The highest BCUT2D eigenvalue weighted by molar-refractivity contribution is 6.31. The number of phenols is 2. The average Bonchev–Trinajstić information content (AvgIpc) is 3.05. The van der Waals surface area contributed by atoms with Crippen molar-refractivity contribution in [3.63, 3.8) is 0 Å². The number of benzene rings is 2. The first-order chi connectivity index (χ1) is 23.6. The van der Waals surface area contributed by atoms with Crippen LogP contribution >= 0.6 is 0 Å². The summed E-state index contributed by atoms with van der Waals surface area (Å²) in [6, 6.07) is 2.25. The molecule has 4 aliphatic rings. The van der Waals surface area contributed by atoms with Gasteiger partial charge in [0.15, 0.2) is 11.2 Å². The topological polar surface area (TPSA) is 262 Å². The van der Waals surface area contributed by atoms with Gasteiger partial charge in [-0.2, -0.15) is 0 Å². The molecule has 16 heteroatoms. The molecule has 1 aliphatic heterocycles. The molecule has 2 aromatic carbocycles. The van der Waals surface area contributed by atoms with E-state index in [1.807, 2.05) is 0 Å². The number of carbonyl (C=O) groups is 4. The second-order valence-electron chi connectivity index (χ2n) is 12.8. The number of ether oxygens (including phenoxy) is 4. The van der Waals surface area contributed by atoms with Crippen molar-refractivity contribution in [2.75, 3.05) is 27.9 Å². The molecule has 0 saturated carbocycles. The zero-order chi connectivity index (χ0) is 36.8. The van der Waals surface area contributed by atoms with Gasteiger partial charge in [-0.05, 0) is 37.1 Å². The summed E-state index contributed by atoms with van der Waals surface area (Å²) in [6.45, 7) is 2.48. The van der Waals surface area contributed by atoms with Gasteiger partial charge >= 0.3 is 5.97 Å². The first kappa shape index (κ1) is 35.3. The Hall–Kier alpha value is -4.55. The number of methoxy groups -OCH3 is 3. The SMILES string of the molecule is COC(=O)c1c(C)cc2c(c1O)[C@]1(O)C(=O)c3cc4c(c(O)c3C(=O)[C@]1(OC)[C@H](O)C2)C(=N)C=C(N[C@H]1O[C@@H](C)[C@H](OC)[C@@H](O)[C@H]1CO)C4=O. The lowest BCUT2D eigenvalue weighted by atomic mass is 9.56. The molecule has 16 nitrogen and oxygen atoms in total. The van der Waals surface area contributed by atoms with Gasteiger partial charge in [0, 0.05) is 37.3 Å². The van der Waals surface area contributed by atoms with Gasteiger partial charge in [0.05, 0.1) is 60.5 Å². The third-order valence-corrected chi connectivity index (χ3v) is 10.3. The number of aliphatic hydroxyl groups excluding tert-OH is 3. The summed E-state index contributed by atoms with van der Waals surface area (Å²) in [5.41, 5.74) is -10.0. The predicted octanol–water partition coefficient (Wildman–Crippen LogP) is -0.471. The van der Waals surface area contributed by atoms with Crippen molar-refractivity contribution in [1.82, 2.24) is 5.32 Å². The molecule has 6 rings (SSSR count). The number of carbonyl (C=O) groups excluding carboxylic acids is 4. The van der Waals surface area contributed by atoms with Crippen LogP contribution in [0.3, 0.4) is 0 Å². The first-order valence-corrected chi connectivity index (χ1v) is 15.6. The van der Waals surface area contributed by atoms with Crippen LogP contribution in [0.2, 0.25) is 0 Å². The van der Waals surface area contributed by atoms with E-state index in [1.165, 1.54) is 20.1 Å². The van der Waals surface area contributed by atoms with Crippen LogP contribution in [0.5, 0.6) is 11.5 Å². The number of ketones is 3. The molecule has 266 valence electrons. The fourth-order valence-corrected chi connectivity index (χ4v) is 7.93. The Morgan fingerprint density at radius 2 is 1.74 bits per heavy atom. The highest BCUT2D eigenvalue weighted by atomic mass is 16.6. The van der Waals surface area contributed by atoms with Crippen LogP contribution in [-0.2, 0) is 31.0 Å². The molecule has 3 aliphatic carbocycles. The fraction of sp³-hybridized carbons (Fsp3) is 0.441. The summed E-state index contributed by atoms with van der Waals surface area (Å²) < 4.78 is 21.4. The van der Waals surface area contributed by atoms with E-state index in [-0.39, 0.29) is 16.8 Å². The minimum atomic E-state index is -3.21. The highest BCUT2D eigenvalue weighted by Crippen LogP contribution is 2.56. The Balaban J connectivity index is 1.51. The molecule has 0 aromatic heterocycles. The molecule has 0 unspecified atom stereocenters. The number of hydrogen-bond donors (Lipinski definition) is 8. The zero-order valence-electron chi connectivity index (χ0n) is 27.6. The molecule has 0 amide bonds. The second kappa shape index (κ2) is 12.1. The number of aryl methyl sites for hydroxylation is 1. The molecule has 0 spiro atoms. The van der Waals surface area contributed by atoms with E-state index in [0.717, 1.165) is 26.4 Å². The van der Waals surface area contributed by atoms with Crippen molar-refractivity contribution in [1.29, 1.82) is 5.41 Å². The van der Waals surface area contributed by atoms with Crippen LogP contribution in [0.4, 0.5) is 0 Å². The Kier molecular flexibility index (Phi) is 8.50. The van der Waals surface area contributed by atoms with E-state index in [2.05, 4.69) is 5.32 Å². The van der Waals surface area contributed by atoms with E-state index in [9.17, 15) is 49.8 Å². The van der Waals surface area contributed by atoms with E-state index >= 15 is 0 Å². The molecular formula is C34H36N2O14. The quantitative estimate of drug-likeness (QED) is 0.178. The number of hydrogen-bond acceptors (Lipinski definition) is 16. The van der Waals surface area contributed by atoms with Crippen molar-refractivity contribution >= 4 is 29.0 Å². The monoisotopic (exact) mass is 696 g/mol. The van der Waals surface area contributed by atoms with Crippen LogP contribution < -0.4 is 5.32 Å². The largest absolute Gasteiger partial charge is 0.507 e. The van der Waals surface area contributed by atoms with Crippen LogP contribution in [0.15, 0.2) is 23.9 Å². The van der Waals surface area contributed by atoms with E-state index in [0.29, 0.717) is 0 Å². The number of nitrogens with one attached hydrogen (secondary N) is 2. The van der Waals surface area contributed by atoms with Gasteiger partial charge in [0.25, 0.3) is 0 Å². The lowest BCUT2D eigenvalue weighted by Gasteiger charge is -2.53. The molecule has 2 aromatic rings. The average molecular weight is 697 g/mol. The number of Topliss-reactive ketones (excluding diaryl/α,β-unsaturated/α-hetero) is 3. The molecule has 1 heterocycles. The summed E-state index contributed by atoms with van der Waals surface area (Å²) in [4.78, 5) is 55.7. The van der Waals surface area contributed by atoms with E-state index < -0.39 is 135 Å². The molecule has 8 N–H and O–H groups in total. The van der Waals surface area contributed by atoms with Crippen molar-refractivity contribution < 1.29 is 68.8 Å². The summed E-state index contributed by atoms with van der Waals surface area (Å²) in [5.74, 6) is -7.44. The molecule has 0 radical (unpaired) electrons. The normalized spacial score (nSPS) is 31.7. The van der Waals surface area contributed by atoms with E-state index in [1.54, 1.807) is 6.92 Å². The molecule has 1 saturated heterocycles. The first-order valence-electron chi connectivity index (χ1n) is 15.6. The number of allylic oxidation sites excluding steroid dienone is 2. The van der Waals surface area contributed by atoms with Gasteiger partial charge < -0.3 is 60.3 Å². The summed E-state index contributed by atoms with van der Waals surface area (Å²) in [5, 5.41) is 79.2. The van der Waals surface area contributed by atoms with Crippen LogP contribution in [0.25, 0.3) is 0 Å². The maximum Gasteiger partial charge on any atom is 0.341 e. The number of aliphatic hydroxyl groups is 4. The second-order valence-corrected chi connectivity index (χ2v) is 12.8. The highest BCUT2D eigenvalue weighted by Gasteiger charge is 2.72. The van der Waals surface area contributed by atoms with Gasteiger partial charge in [-0.15, -0.1) is 0 Å². The van der Waals surface area contributed by atoms with Gasteiger partial charge in [0.1, 0.15) is 29.4 Å². The molecule has 8 atom stereocenters. The molecule has 50 heavy (non-hydrogen) atoms. The lowest BCUT2D eigenvalue weighted by Crippen LogP contribution is -2.73. The van der Waals surface area contributed by atoms with Gasteiger partial charge in [0.2, 0.25) is 17.3 Å². The number of rotatable bonds is 6. The van der Waals surface area contributed by atoms with Gasteiger partial charge in [-0.1, -0.05) is 6.07 Å². The smallest absolute Gasteiger partial charge is 0.341 e. The van der Waals surface area contributed by atoms with Gasteiger partial charge in [-0.3, -0.25) is 14.4 Å². The van der Waals surface area contributed by atoms with Crippen LogP contribution in [0, 0.1) is 18.3 Å². The number of fused-ring (bicyclic) bond motifs is 5. The molecule has 0 bridgehead atoms. The van der Waals surface area contributed by atoms with Crippen LogP contribution in [-0.4, -0.2) is 124 Å². The van der Waals surface area contributed by atoms with Crippen molar-refractivity contribution in [3.05, 3.63) is 68.4 Å². The van der Waals surface area contributed by atoms with Crippen LogP contribution in [0.1, 0.15) is 70.6 Å². The standard InChI is InChI=1S/C34H36N2O14/c1-11-6-13-7-19(38)34(49-5)30(44)22-15(29(43)33(34,46)23(13)27(42)20(11)32(45)48-4)8-14-21(26(22)41)17(35)9-18(24(14)39)36-31-16(10-37)25(40)28(47-3)12(2)50-31/h6,8-9,12,16,19,25,28,31,35-38,40-42,46H,7,10H2,1-5H3/t12-,16+,19+,25-,28-,31-,33-,34+/m0/s1. The molecular weight excluding hydrogens is 660 g/mol. The van der Waals surface area contributed by atoms with Crippen molar-refractivity contribution in [3.8, 4) is 11.5 Å². The zero-order valence-corrected chi connectivity index (χ0v) is 27.6. The Morgan fingerprint density at radius 1 is 1.06 bits per heavy atom. The molecule has 1 fully saturated rings. The Bertz CT molecular complexity index is 1920. The number of aromatic hydroxyl groups is 2. The maximum absolute atomic E-state index is 14.6. The van der Waals surface area contributed by atoms with Crippen molar-refractivity contribution in [2.24, 2.45) is 5.92 Å². The summed E-state index contributed by atoms with van der Waals surface area (Å²) in [7, 11) is 3.34. The fourth-order valence-electron chi connectivity index (χ4n) is 7.93. The number of phenolic OH excluding ortho intramolecular Hbond substituents is 2.